The highest BCUT2D eigenvalue weighted by molar-refractivity contribution is 5.95. The molecule has 2 aromatic carbocycles. The third-order valence-corrected chi connectivity index (χ3v) is 4.81. The number of hydrogen-bond donors (Lipinski definition) is 1. The van der Waals surface area contributed by atoms with E-state index in [1.165, 1.54) is 28.9 Å². The first-order valence-electron chi connectivity index (χ1n) is 9.71. The second-order valence-corrected chi connectivity index (χ2v) is 7.02. The third kappa shape index (κ3) is 4.83. The Kier molecular flexibility index (Phi) is 6.04. The Balaban J connectivity index is 1.54. The lowest BCUT2D eigenvalue weighted by molar-refractivity contribution is 0.0850. The molecule has 0 spiro atoms. The third-order valence-electron chi connectivity index (χ3n) is 4.81. The van der Waals surface area contributed by atoms with E-state index in [4.69, 9.17) is 9.47 Å². The van der Waals surface area contributed by atoms with Crippen LogP contribution in [0.2, 0.25) is 0 Å². The number of nitrogens with one attached hydrogen (secondary N) is 1. The van der Waals surface area contributed by atoms with Crippen molar-refractivity contribution in [2.75, 3.05) is 13.2 Å². The Labute approximate surface area is 172 Å². The first kappa shape index (κ1) is 20.0. The van der Waals surface area contributed by atoms with E-state index in [9.17, 15) is 13.6 Å². The fourth-order valence-electron chi connectivity index (χ4n) is 3.18. The van der Waals surface area contributed by atoms with Gasteiger partial charge in [-0.15, -0.1) is 0 Å². The summed E-state index contributed by atoms with van der Waals surface area (Å²) < 4.78 is 39.2. The molecule has 2 heterocycles. The summed E-state index contributed by atoms with van der Waals surface area (Å²) in [5.41, 5.74) is 1.44. The number of amides is 1. The number of carbonyl (C=O) groups excluding carboxylic acids is 1. The summed E-state index contributed by atoms with van der Waals surface area (Å²) >= 11 is 0. The normalized spacial score (nSPS) is 15.9. The standard InChI is InChI=1S/C22H21F2N3O3/c23-16-5-3-15(4-6-16)14-30-20-13-27(18-9-7-17(24)8-10-18)26-21(20)22(28)25-12-19-2-1-11-29-19/h3-10,13,19H,1-2,11-12,14H2,(H,25,28). The molecule has 0 radical (unpaired) electrons. The molecule has 8 heteroatoms. The molecule has 1 saturated heterocycles. The van der Waals surface area contributed by atoms with E-state index in [1.807, 2.05) is 0 Å². The average molecular weight is 413 g/mol. The summed E-state index contributed by atoms with van der Waals surface area (Å²) in [6.45, 7) is 1.23. The molecule has 4 rings (SSSR count). The predicted octanol–water partition coefficient (Wildman–Crippen LogP) is 3.64. The van der Waals surface area contributed by atoms with E-state index in [-0.39, 0.29) is 41.7 Å². The molecular formula is C22H21F2N3O3. The van der Waals surface area contributed by atoms with Gasteiger partial charge in [-0.1, -0.05) is 12.1 Å². The first-order chi connectivity index (χ1) is 14.6. The number of halogens is 2. The van der Waals surface area contributed by atoms with Crippen molar-refractivity contribution >= 4 is 5.91 Å². The molecule has 1 unspecified atom stereocenters. The number of rotatable bonds is 7. The van der Waals surface area contributed by atoms with Crippen LogP contribution in [0.1, 0.15) is 28.9 Å². The maximum absolute atomic E-state index is 13.2. The molecule has 0 bridgehead atoms. The number of hydrogen-bond acceptors (Lipinski definition) is 4. The van der Waals surface area contributed by atoms with Crippen LogP contribution >= 0.6 is 0 Å². The van der Waals surface area contributed by atoms with E-state index >= 15 is 0 Å². The molecule has 0 aliphatic carbocycles. The quantitative estimate of drug-likeness (QED) is 0.642. The number of nitrogens with zero attached hydrogens (tertiary/aromatic N) is 2. The summed E-state index contributed by atoms with van der Waals surface area (Å²) in [5, 5.41) is 7.17. The van der Waals surface area contributed by atoms with Gasteiger partial charge in [0.25, 0.3) is 5.91 Å². The van der Waals surface area contributed by atoms with Gasteiger partial charge in [0.15, 0.2) is 11.4 Å². The second kappa shape index (κ2) is 9.04. The van der Waals surface area contributed by atoms with Gasteiger partial charge in [-0.05, 0) is 54.8 Å². The molecule has 1 aliphatic rings. The highest BCUT2D eigenvalue weighted by Gasteiger charge is 2.22. The maximum atomic E-state index is 13.2. The van der Waals surface area contributed by atoms with Gasteiger partial charge in [-0.25, -0.2) is 13.5 Å². The maximum Gasteiger partial charge on any atom is 0.275 e. The fraction of sp³-hybridized carbons (Fsp3) is 0.273. The van der Waals surface area contributed by atoms with E-state index in [1.54, 1.807) is 30.5 Å². The molecule has 6 nitrogen and oxygen atoms in total. The molecule has 30 heavy (non-hydrogen) atoms. The van der Waals surface area contributed by atoms with E-state index in [0.29, 0.717) is 18.8 Å². The summed E-state index contributed by atoms with van der Waals surface area (Å²) in [6, 6.07) is 11.6. The van der Waals surface area contributed by atoms with Gasteiger partial charge in [-0.2, -0.15) is 5.10 Å². The molecule has 3 aromatic rings. The van der Waals surface area contributed by atoms with Crippen LogP contribution in [0.15, 0.2) is 54.7 Å². The summed E-state index contributed by atoms with van der Waals surface area (Å²) in [5.74, 6) is -0.820. The Bertz CT molecular complexity index is 997. The van der Waals surface area contributed by atoms with Gasteiger partial charge < -0.3 is 14.8 Å². The molecule has 1 fully saturated rings. The van der Waals surface area contributed by atoms with Crippen LogP contribution in [-0.4, -0.2) is 34.9 Å². The molecule has 0 saturated carbocycles. The van der Waals surface area contributed by atoms with Crippen molar-refractivity contribution in [1.82, 2.24) is 15.1 Å². The molecule has 1 atom stereocenters. The zero-order valence-corrected chi connectivity index (χ0v) is 16.2. The van der Waals surface area contributed by atoms with Gasteiger partial charge in [0.2, 0.25) is 0 Å². The average Bonchev–Trinajstić information content (AvgIpc) is 3.42. The highest BCUT2D eigenvalue weighted by atomic mass is 19.1. The van der Waals surface area contributed by atoms with Gasteiger partial charge in [0.1, 0.15) is 18.2 Å². The zero-order chi connectivity index (χ0) is 20.9. The molecule has 1 N–H and O–H groups in total. The van der Waals surface area contributed by atoms with Gasteiger partial charge in [-0.3, -0.25) is 4.79 Å². The van der Waals surface area contributed by atoms with Crippen molar-refractivity contribution in [2.24, 2.45) is 0 Å². The Morgan fingerprint density at radius 1 is 1.13 bits per heavy atom. The topological polar surface area (TPSA) is 65.4 Å². The SMILES string of the molecule is O=C(NCC1CCCO1)c1nn(-c2ccc(F)cc2)cc1OCc1ccc(F)cc1. The van der Waals surface area contributed by atoms with Crippen LogP contribution in [0.4, 0.5) is 8.78 Å². The number of carbonyl (C=O) groups is 1. The second-order valence-electron chi connectivity index (χ2n) is 7.02. The van der Waals surface area contributed by atoms with Crippen molar-refractivity contribution in [3.05, 3.63) is 77.6 Å². The Morgan fingerprint density at radius 2 is 1.83 bits per heavy atom. The minimum atomic E-state index is -0.388. The number of ether oxygens (including phenoxy) is 2. The van der Waals surface area contributed by atoms with Crippen molar-refractivity contribution in [3.8, 4) is 11.4 Å². The van der Waals surface area contributed by atoms with E-state index in [0.717, 1.165) is 18.4 Å². The van der Waals surface area contributed by atoms with Gasteiger partial charge in [0, 0.05) is 13.2 Å². The smallest absolute Gasteiger partial charge is 0.275 e. The molecule has 1 aromatic heterocycles. The Hall–Kier alpha value is -3.26. The van der Waals surface area contributed by atoms with Crippen LogP contribution in [0.5, 0.6) is 5.75 Å². The van der Waals surface area contributed by atoms with Crippen molar-refractivity contribution in [3.63, 3.8) is 0 Å². The van der Waals surface area contributed by atoms with Crippen LogP contribution in [-0.2, 0) is 11.3 Å². The minimum Gasteiger partial charge on any atom is -0.485 e. The van der Waals surface area contributed by atoms with Crippen LogP contribution in [0.3, 0.4) is 0 Å². The van der Waals surface area contributed by atoms with Gasteiger partial charge in [0.05, 0.1) is 18.0 Å². The summed E-state index contributed by atoms with van der Waals surface area (Å²) in [7, 11) is 0. The number of aromatic nitrogens is 2. The Morgan fingerprint density at radius 3 is 2.50 bits per heavy atom. The lowest BCUT2D eigenvalue weighted by Gasteiger charge is -2.10. The first-order valence-corrected chi connectivity index (χ1v) is 9.71. The fourth-order valence-corrected chi connectivity index (χ4v) is 3.18. The van der Waals surface area contributed by atoms with Crippen molar-refractivity contribution < 1.29 is 23.0 Å². The zero-order valence-electron chi connectivity index (χ0n) is 16.2. The van der Waals surface area contributed by atoms with Crippen LogP contribution in [0, 0.1) is 11.6 Å². The molecular weight excluding hydrogens is 392 g/mol. The highest BCUT2D eigenvalue weighted by Crippen LogP contribution is 2.22. The summed E-state index contributed by atoms with van der Waals surface area (Å²) in [6.07, 6.45) is 3.44. The van der Waals surface area contributed by atoms with Crippen LogP contribution < -0.4 is 10.1 Å². The predicted molar refractivity (Wildman–Crippen MR) is 106 cm³/mol. The lowest BCUT2D eigenvalue weighted by atomic mass is 10.2. The van der Waals surface area contributed by atoms with Gasteiger partial charge >= 0.3 is 0 Å². The molecule has 156 valence electrons. The largest absolute Gasteiger partial charge is 0.485 e. The molecule has 1 amide bonds. The monoisotopic (exact) mass is 413 g/mol. The van der Waals surface area contributed by atoms with Crippen LogP contribution in [0.25, 0.3) is 5.69 Å². The van der Waals surface area contributed by atoms with Crippen molar-refractivity contribution in [1.29, 1.82) is 0 Å². The number of benzene rings is 2. The van der Waals surface area contributed by atoms with E-state index < -0.39 is 0 Å². The van der Waals surface area contributed by atoms with E-state index in [2.05, 4.69) is 10.4 Å². The van der Waals surface area contributed by atoms with Crippen molar-refractivity contribution in [2.45, 2.75) is 25.6 Å². The minimum absolute atomic E-state index is 0.00304. The lowest BCUT2D eigenvalue weighted by Crippen LogP contribution is -2.32. The summed E-state index contributed by atoms with van der Waals surface area (Å²) in [4.78, 5) is 12.7. The molecule has 1 aliphatic heterocycles.